The van der Waals surface area contributed by atoms with Crippen molar-refractivity contribution in [3.05, 3.63) is 23.8 Å². The number of aliphatic hydroxyl groups is 1. The summed E-state index contributed by atoms with van der Waals surface area (Å²) in [5.74, 6) is -0.423. The smallest absolute Gasteiger partial charge is 0.255 e. The highest BCUT2D eigenvalue weighted by molar-refractivity contribution is 5.97. The van der Waals surface area contributed by atoms with Crippen molar-refractivity contribution < 1.29 is 38.4 Å². The van der Waals surface area contributed by atoms with Gasteiger partial charge in [-0.25, -0.2) is 0 Å². The Hall–Kier alpha value is -2.97. The number of nitrogens with two attached hydrogens (primary N) is 2. The van der Waals surface area contributed by atoms with Gasteiger partial charge < -0.3 is 46.2 Å². The molecule has 0 radical (unpaired) electrons. The number of carbonyl (C=O) groups is 3. The van der Waals surface area contributed by atoms with E-state index in [0.29, 0.717) is 63.2 Å². The van der Waals surface area contributed by atoms with Gasteiger partial charge in [0.15, 0.2) is 0 Å². The number of nitrogens with zero attached hydrogens (tertiary/aromatic N) is 1. The maximum atomic E-state index is 13.5. The second kappa shape index (κ2) is 21.3. The predicted molar refractivity (Wildman–Crippen MR) is 189 cm³/mol. The molecule has 1 saturated heterocycles. The van der Waals surface area contributed by atoms with Crippen LogP contribution in [0.2, 0.25) is 0 Å². The molecule has 1 fully saturated rings. The first kappa shape index (κ1) is 42.2. The van der Waals surface area contributed by atoms with Crippen LogP contribution in [0, 0.1) is 29.1 Å². The molecule has 3 amide bonds. The third-order valence-corrected chi connectivity index (χ3v) is 9.26. The number of rotatable bonds is 23. The first-order valence-corrected chi connectivity index (χ1v) is 17.6. The van der Waals surface area contributed by atoms with E-state index < -0.39 is 29.4 Å². The second-order valence-electron chi connectivity index (χ2n) is 14.4. The van der Waals surface area contributed by atoms with E-state index >= 15 is 0 Å². The van der Waals surface area contributed by atoms with E-state index in [9.17, 15) is 19.5 Å². The number of amides is 3. The number of morpholine rings is 1. The molecule has 1 aliphatic heterocycles. The van der Waals surface area contributed by atoms with Gasteiger partial charge in [-0.2, -0.15) is 0 Å². The Labute approximate surface area is 293 Å². The van der Waals surface area contributed by atoms with Crippen molar-refractivity contribution in [2.45, 2.75) is 79.4 Å². The van der Waals surface area contributed by atoms with Crippen LogP contribution in [0.5, 0.6) is 11.5 Å². The standard InChI is InChI=1S/C36H63N5O8/c1-24(2)26(18-30(37)31(42)20-29(25(3)4)34(44)40-22-36(5,6)35(38)45)21-39-33(43)28-11-10-27(49-23-41-12-16-47-17-13-41)19-32(28)48-15-9-8-14-46-7/h10-11,19,24-26,29-31,42H,8-9,12-18,20-23,37H2,1-7H3,(H2,38,45)(H,39,43)(H,40,44)/t26-,29+,30+,31+/m1/s1. The van der Waals surface area contributed by atoms with E-state index in [1.54, 1.807) is 39.2 Å². The van der Waals surface area contributed by atoms with Gasteiger partial charge in [-0.3, -0.25) is 19.3 Å². The fraction of sp³-hybridized carbons (Fsp3) is 0.750. The molecule has 49 heavy (non-hydrogen) atoms. The molecular weight excluding hydrogens is 630 g/mol. The number of ether oxygens (including phenoxy) is 4. The Bertz CT molecular complexity index is 1160. The number of nitrogens with one attached hydrogen (secondary N) is 2. The van der Waals surface area contributed by atoms with Crippen LogP contribution < -0.4 is 31.6 Å². The first-order chi connectivity index (χ1) is 23.2. The summed E-state index contributed by atoms with van der Waals surface area (Å²) < 4.78 is 22.6. The van der Waals surface area contributed by atoms with E-state index in [2.05, 4.69) is 29.4 Å². The normalized spacial score (nSPS) is 16.6. The summed E-state index contributed by atoms with van der Waals surface area (Å²) in [7, 11) is 1.66. The molecular formula is C36H63N5O8. The SMILES string of the molecule is COCCCCOc1cc(OCN2CCOCC2)ccc1C(=O)NC[C@@H](C[C@H](N)[C@@H](O)C[C@H](C(=O)NCC(C)(C)C(N)=O)C(C)C)C(C)C. The Morgan fingerprint density at radius 1 is 1.00 bits per heavy atom. The van der Waals surface area contributed by atoms with Crippen LogP contribution in [0.15, 0.2) is 18.2 Å². The van der Waals surface area contributed by atoms with E-state index in [1.165, 1.54) is 0 Å². The lowest BCUT2D eigenvalue weighted by molar-refractivity contribution is -0.130. The molecule has 1 aromatic rings. The van der Waals surface area contributed by atoms with Gasteiger partial charge in [0.25, 0.3) is 5.91 Å². The molecule has 0 saturated carbocycles. The predicted octanol–water partition coefficient (Wildman–Crippen LogP) is 2.53. The summed E-state index contributed by atoms with van der Waals surface area (Å²) in [5, 5.41) is 17.0. The van der Waals surface area contributed by atoms with Crippen LogP contribution in [-0.2, 0) is 19.1 Å². The molecule has 0 spiro atoms. The van der Waals surface area contributed by atoms with Crippen LogP contribution >= 0.6 is 0 Å². The molecule has 1 aromatic carbocycles. The van der Waals surface area contributed by atoms with Gasteiger partial charge in [0, 0.05) is 57.9 Å². The Kier molecular flexibility index (Phi) is 18.3. The number of primary amides is 1. The molecule has 4 atom stereocenters. The van der Waals surface area contributed by atoms with Crippen molar-refractivity contribution in [2.75, 3.05) is 66.4 Å². The maximum Gasteiger partial charge on any atom is 0.255 e. The van der Waals surface area contributed by atoms with E-state index in [4.69, 9.17) is 30.4 Å². The van der Waals surface area contributed by atoms with Gasteiger partial charge in [0.1, 0.15) is 18.2 Å². The van der Waals surface area contributed by atoms with Crippen LogP contribution in [0.1, 0.15) is 77.6 Å². The zero-order valence-corrected chi connectivity index (χ0v) is 30.8. The number of carbonyl (C=O) groups excluding carboxylic acids is 3. The minimum absolute atomic E-state index is 0.0363. The number of aliphatic hydroxyl groups excluding tert-OH is 1. The van der Waals surface area contributed by atoms with Gasteiger partial charge in [-0.1, -0.05) is 27.7 Å². The first-order valence-electron chi connectivity index (χ1n) is 17.6. The molecule has 1 aliphatic rings. The van der Waals surface area contributed by atoms with Gasteiger partial charge in [0.2, 0.25) is 11.8 Å². The van der Waals surface area contributed by atoms with Crippen LogP contribution in [0.25, 0.3) is 0 Å². The van der Waals surface area contributed by atoms with E-state index in [1.807, 2.05) is 13.8 Å². The van der Waals surface area contributed by atoms with E-state index in [-0.39, 0.29) is 42.5 Å². The molecule has 13 heteroatoms. The lowest BCUT2D eigenvalue weighted by atomic mass is 9.83. The van der Waals surface area contributed by atoms with Crippen molar-refractivity contribution in [1.82, 2.24) is 15.5 Å². The lowest BCUT2D eigenvalue weighted by Gasteiger charge is -2.30. The third-order valence-electron chi connectivity index (χ3n) is 9.26. The maximum absolute atomic E-state index is 13.5. The third kappa shape index (κ3) is 14.8. The van der Waals surface area contributed by atoms with Crippen molar-refractivity contribution in [1.29, 1.82) is 0 Å². The molecule has 0 bridgehead atoms. The zero-order valence-electron chi connectivity index (χ0n) is 30.8. The number of hydrogen-bond acceptors (Lipinski definition) is 10. The summed E-state index contributed by atoms with van der Waals surface area (Å²) in [5.41, 5.74) is 11.5. The second-order valence-corrected chi connectivity index (χ2v) is 14.4. The monoisotopic (exact) mass is 693 g/mol. The van der Waals surface area contributed by atoms with Crippen molar-refractivity contribution in [3.63, 3.8) is 0 Å². The zero-order chi connectivity index (χ0) is 36.6. The topological polar surface area (TPSA) is 188 Å². The largest absolute Gasteiger partial charge is 0.493 e. The summed E-state index contributed by atoms with van der Waals surface area (Å²) in [4.78, 5) is 40.4. The highest BCUT2D eigenvalue weighted by Gasteiger charge is 2.32. The fourth-order valence-electron chi connectivity index (χ4n) is 5.39. The summed E-state index contributed by atoms with van der Waals surface area (Å²) in [6, 6.07) is 4.63. The summed E-state index contributed by atoms with van der Waals surface area (Å²) in [6.45, 7) is 16.1. The molecule has 0 unspecified atom stereocenters. The number of benzene rings is 1. The van der Waals surface area contributed by atoms with Crippen molar-refractivity contribution in [2.24, 2.45) is 40.6 Å². The Morgan fingerprint density at radius 3 is 2.29 bits per heavy atom. The average molecular weight is 694 g/mol. The highest BCUT2D eigenvalue weighted by Crippen LogP contribution is 2.27. The van der Waals surface area contributed by atoms with Gasteiger partial charge in [-0.15, -0.1) is 0 Å². The number of unbranched alkanes of at least 4 members (excludes halogenated alkanes) is 1. The minimum atomic E-state index is -0.942. The van der Waals surface area contributed by atoms with Crippen LogP contribution in [0.3, 0.4) is 0 Å². The van der Waals surface area contributed by atoms with Crippen LogP contribution in [-0.4, -0.2) is 106 Å². The molecule has 0 aliphatic carbocycles. The van der Waals surface area contributed by atoms with Gasteiger partial charge >= 0.3 is 0 Å². The van der Waals surface area contributed by atoms with Crippen molar-refractivity contribution >= 4 is 17.7 Å². The Morgan fingerprint density at radius 2 is 1.67 bits per heavy atom. The number of hydrogen-bond donors (Lipinski definition) is 5. The van der Waals surface area contributed by atoms with Crippen LogP contribution in [0.4, 0.5) is 0 Å². The minimum Gasteiger partial charge on any atom is -0.493 e. The molecule has 1 heterocycles. The highest BCUT2D eigenvalue weighted by atomic mass is 16.5. The van der Waals surface area contributed by atoms with Crippen molar-refractivity contribution in [3.8, 4) is 11.5 Å². The Balaban J connectivity index is 2.04. The average Bonchev–Trinajstić information content (AvgIpc) is 3.06. The molecule has 7 N–H and O–H groups in total. The fourth-order valence-corrected chi connectivity index (χ4v) is 5.39. The number of methoxy groups -OCH3 is 1. The lowest BCUT2D eigenvalue weighted by Crippen LogP contribution is -2.47. The quantitative estimate of drug-likeness (QED) is 0.107. The molecule has 2 rings (SSSR count). The summed E-state index contributed by atoms with van der Waals surface area (Å²) in [6.07, 6.45) is 1.28. The molecule has 280 valence electrons. The molecule has 0 aromatic heterocycles. The van der Waals surface area contributed by atoms with Gasteiger partial charge in [0.05, 0.1) is 36.9 Å². The van der Waals surface area contributed by atoms with E-state index in [0.717, 1.165) is 25.9 Å². The summed E-state index contributed by atoms with van der Waals surface area (Å²) >= 11 is 0. The molecule has 13 nitrogen and oxygen atoms in total. The van der Waals surface area contributed by atoms with Gasteiger partial charge in [-0.05, 0) is 69.4 Å².